The number of rotatable bonds is 6. The van der Waals surface area contributed by atoms with Gasteiger partial charge in [-0.1, -0.05) is 12.1 Å². The van der Waals surface area contributed by atoms with Crippen molar-refractivity contribution in [1.82, 2.24) is 9.55 Å². The molecule has 0 fully saturated rings. The second-order valence-electron chi connectivity index (χ2n) is 6.52. The number of aromatic nitrogens is 2. The fraction of sp³-hybridized carbons (Fsp3) is 0.250. The lowest BCUT2D eigenvalue weighted by Crippen LogP contribution is -2.21. The molecule has 3 rings (SSSR count). The molecule has 2 amide bonds. The number of fused-ring (bicyclic) bond motifs is 1. The molecule has 0 unspecified atom stereocenters. The zero-order chi connectivity index (χ0) is 21.9. The van der Waals surface area contributed by atoms with E-state index in [0.717, 1.165) is 29.2 Å². The highest BCUT2D eigenvalue weighted by Gasteiger charge is 2.31. The van der Waals surface area contributed by atoms with Crippen LogP contribution in [0.5, 0.6) is 0 Å². The van der Waals surface area contributed by atoms with Crippen molar-refractivity contribution < 1.29 is 22.8 Å². The molecule has 0 aliphatic rings. The van der Waals surface area contributed by atoms with Gasteiger partial charge in [0.05, 0.1) is 33.7 Å². The minimum absolute atomic E-state index is 0.0867. The van der Waals surface area contributed by atoms with Crippen molar-refractivity contribution in [3.8, 4) is 0 Å². The van der Waals surface area contributed by atoms with E-state index < -0.39 is 23.6 Å². The number of carbonyl (C=O) groups is 2. The molecule has 6 nitrogen and oxygen atoms in total. The van der Waals surface area contributed by atoms with Gasteiger partial charge in [-0.05, 0) is 36.6 Å². The number of benzene rings is 2. The standard InChI is InChI=1S/C20H19F3N4O2S/c1-12(28)24-14-8-7-13(20(21,22)23)9-16(14)26-19(29)10-27-17-6-4-3-5-15(17)25-18(27)11-30-2/h3-9H,10-11H2,1-2H3,(H,24,28)(H,26,29). The molecule has 2 N–H and O–H groups in total. The van der Waals surface area contributed by atoms with E-state index in [2.05, 4.69) is 15.6 Å². The number of para-hydroxylation sites is 2. The molecule has 0 saturated carbocycles. The van der Waals surface area contributed by atoms with E-state index in [-0.39, 0.29) is 17.9 Å². The number of anilines is 2. The van der Waals surface area contributed by atoms with Gasteiger partial charge in [0.1, 0.15) is 12.4 Å². The first-order valence-electron chi connectivity index (χ1n) is 8.91. The molecule has 0 aliphatic heterocycles. The maximum absolute atomic E-state index is 13.1. The average molecular weight is 436 g/mol. The lowest BCUT2D eigenvalue weighted by molar-refractivity contribution is -0.137. The number of halogens is 3. The Kier molecular flexibility index (Phi) is 6.35. The fourth-order valence-electron chi connectivity index (χ4n) is 3.00. The first-order chi connectivity index (χ1) is 14.2. The van der Waals surface area contributed by atoms with Crippen LogP contribution in [0.25, 0.3) is 11.0 Å². The van der Waals surface area contributed by atoms with Crippen molar-refractivity contribution in [3.05, 3.63) is 53.9 Å². The average Bonchev–Trinajstić information content (AvgIpc) is 2.99. The molecule has 1 heterocycles. The summed E-state index contributed by atoms with van der Waals surface area (Å²) in [7, 11) is 0. The quantitative estimate of drug-likeness (QED) is 0.596. The van der Waals surface area contributed by atoms with E-state index >= 15 is 0 Å². The third kappa shape index (κ3) is 4.93. The molecule has 0 bridgehead atoms. The highest BCUT2D eigenvalue weighted by molar-refractivity contribution is 7.97. The predicted octanol–water partition coefficient (Wildman–Crippen LogP) is 4.52. The molecule has 158 valence electrons. The summed E-state index contributed by atoms with van der Waals surface area (Å²) >= 11 is 1.54. The van der Waals surface area contributed by atoms with Crippen LogP contribution in [0, 0.1) is 0 Å². The minimum Gasteiger partial charge on any atom is -0.325 e. The number of imidazole rings is 1. The van der Waals surface area contributed by atoms with Gasteiger partial charge in [-0.2, -0.15) is 24.9 Å². The number of amides is 2. The van der Waals surface area contributed by atoms with Crippen LogP contribution in [0.1, 0.15) is 18.3 Å². The van der Waals surface area contributed by atoms with E-state index in [1.54, 1.807) is 16.3 Å². The van der Waals surface area contributed by atoms with Gasteiger partial charge in [0.2, 0.25) is 11.8 Å². The Balaban J connectivity index is 1.91. The maximum atomic E-state index is 13.1. The Morgan fingerprint density at radius 1 is 1.10 bits per heavy atom. The number of hydrogen-bond acceptors (Lipinski definition) is 4. The minimum atomic E-state index is -4.58. The topological polar surface area (TPSA) is 76.0 Å². The van der Waals surface area contributed by atoms with Crippen LogP contribution in [0.15, 0.2) is 42.5 Å². The molecule has 2 aromatic carbocycles. The van der Waals surface area contributed by atoms with Crippen LogP contribution in [0.3, 0.4) is 0 Å². The van der Waals surface area contributed by atoms with E-state index in [9.17, 15) is 22.8 Å². The van der Waals surface area contributed by atoms with Crippen molar-refractivity contribution in [2.45, 2.75) is 25.4 Å². The van der Waals surface area contributed by atoms with Crippen LogP contribution in [-0.4, -0.2) is 27.6 Å². The number of hydrogen-bond donors (Lipinski definition) is 2. The zero-order valence-electron chi connectivity index (χ0n) is 16.2. The Morgan fingerprint density at radius 2 is 1.83 bits per heavy atom. The molecule has 0 saturated heterocycles. The van der Waals surface area contributed by atoms with E-state index in [0.29, 0.717) is 11.6 Å². The van der Waals surface area contributed by atoms with E-state index in [4.69, 9.17) is 0 Å². The number of nitrogens with zero attached hydrogens (tertiary/aromatic N) is 2. The third-order valence-electron chi connectivity index (χ3n) is 4.24. The summed E-state index contributed by atoms with van der Waals surface area (Å²) in [4.78, 5) is 28.6. The van der Waals surface area contributed by atoms with Crippen LogP contribution >= 0.6 is 11.8 Å². The highest BCUT2D eigenvalue weighted by atomic mass is 32.2. The third-order valence-corrected chi connectivity index (χ3v) is 4.79. The lowest BCUT2D eigenvalue weighted by Gasteiger charge is -2.15. The summed E-state index contributed by atoms with van der Waals surface area (Å²) in [6, 6.07) is 10.1. The second kappa shape index (κ2) is 8.78. The van der Waals surface area contributed by atoms with Gasteiger partial charge in [-0.15, -0.1) is 0 Å². The largest absolute Gasteiger partial charge is 0.416 e. The normalized spacial score (nSPS) is 11.5. The highest BCUT2D eigenvalue weighted by Crippen LogP contribution is 2.34. The summed E-state index contributed by atoms with van der Waals surface area (Å²) in [6.07, 6.45) is -2.67. The molecule has 30 heavy (non-hydrogen) atoms. The fourth-order valence-corrected chi connectivity index (χ4v) is 3.48. The molecular formula is C20H19F3N4O2S. The van der Waals surface area contributed by atoms with E-state index in [1.165, 1.54) is 6.92 Å². The number of nitrogens with one attached hydrogen (secondary N) is 2. The van der Waals surface area contributed by atoms with Crippen molar-refractivity contribution >= 4 is 46.0 Å². The van der Waals surface area contributed by atoms with Gasteiger partial charge in [0.25, 0.3) is 0 Å². The molecule has 0 radical (unpaired) electrons. The van der Waals surface area contributed by atoms with Gasteiger partial charge in [-0.25, -0.2) is 4.98 Å². The Labute approximate surface area is 174 Å². The molecule has 1 aromatic heterocycles. The maximum Gasteiger partial charge on any atom is 0.416 e. The summed E-state index contributed by atoms with van der Waals surface area (Å²) in [5, 5.41) is 4.93. The lowest BCUT2D eigenvalue weighted by atomic mass is 10.1. The van der Waals surface area contributed by atoms with Gasteiger partial charge in [0, 0.05) is 6.92 Å². The Hall–Kier alpha value is -3.01. The van der Waals surface area contributed by atoms with Crippen LogP contribution < -0.4 is 10.6 Å². The monoisotopic (exact) mass is 436 g/mol. The first-order valence-corrected chi connectivity index (χ1v) is 10.3. The predicted molar refractivity (Wildman–Crippen MR) is 111 cm³/mol. The summed E-state index contributed by atoms with van der Waals surface area (Å²) < 4.78 is 41.0. The summed E-state index contributed by atoms with van der Waals surface area (Å²) in [6.45, 7) is 1.10. The molecule has 3 aromatic rings. The Morgan fingerprint density at radius 3 is 2.50 bits per heavy atom. The summed E-state index contributed by atoms with van der Waals surface area (Å²) in [5.41, 5.74) is 0.516. The van der Waals surface area contributed by atoms with Crippen LogP contribution in [0.2, 0.25) is 0 Å². The van der Waals surface area contributed by atoms with Crippen molar-refractivity contribution in [3.63, 3.8) is 0 Å². The van der Waals surface area contributed by atoms with Crippen molar-refractivity contribution in [2.24, 2.45) is 0 Å². The van der Waals surface area contributed by atoms with Crippen molar-refractivity contribution in [1.29, 1.82) is 0 Å². The summed E-state index contributed by atoms with van der Waals surface area (Å²) in [5.74, 6) is 0.257. The first kappa shape index (κ1) is 21.7. The van der Waals surface area contributed by atoms with Crippen LogP contribution in [0.4, 0.5) is 24.5 Å². The SMILES string of the molecule is CSCc1nc2ccccc2n1CC(=O)Nc1cc(C(F)(F)F)ccc1NC(C)=O. The second-order valence-corrected chi connectivity index (χ2v) is 7.39. The van der Waals surface area contributed by atoms with Gasteiger partial charge >= 0.3 is 6.18 Å². The molecule has 0 spiro atoms. The molecule has 0 atom stereocenters. The number of alkyl halides is 3. The molecule has 10 heteroatoms. The molecular weight excluding hydrogens is 417 g/mol. The molecule has 0 aliphatic carbocycles. The number of thioether (sulfide) groups is 1. The smallest absolute Gasteiger partial charge is 0.325 e. The van der Waals surface area contributed by atoms with Gasteiger partial charge < -0.3 is 15.2 Å². The Bertz CT molecular complexity index is 1100. The zero-order valence-corrected chi connectivity index (χ0v) is 17.0. The van der Waals surface area contributed by atoms with Gasteiger partial charge in [-0.3, -0.25) is 9.59 Å². The van der Waals surface area contributed by atoms with Gasteiger partial charge in [0.15, 0.2) is 0 Å². The van der Waals surface area contributed by atoms with Crippen molar-refractivity contribution in [2.75, 3.05) is 16.9 Å². The van der Waals surface area contributed by atoms with E-state index in [1.807, 2.05) is 30.5 Å². The van der Waals surface area contributed by atoms with Crippen LogP contribution in [-0.2, 0) is 28.1 Å². The number of carbonyl (C=O) groups excluding carboxylic acids is 2.